The Kier molecular flexibility index (Phi) is 6.56. The van der Waals surface area contributed by atoms with Gasteiger partial charge in [-0.25, -0.2) is 33.0 Å². The molecule has 180 valence electrons. The molecule has 0 unspecified atom stereocenters. The van der Waals surface area contributed by atoms with Gasteiger partial charge in [-0.1, -0.05) is 16.8 Å². The summed E-state index contributed by atoms with van der Waals surface area (Å²) < 4.78 is 38.1. The molecule has 4 rings (SSSR count). The van der Waals surface area contributed by atoms with Crippen molar-refractivity contribution in [2.75, 3.05) is 14.2 Å². The van der Waals surface area contributed by atoms with Crippen LogP contribution in [0.5, 0.6) is 0 Å². The normalized spacial score (nSPS) is 11.8. The van der Waals surface area contributed by atoms with Gasteiger partial charge >= 0.3 is 11.6 Å². The number of hydrogen-bond donors (Lipinski definition) is 0. The van der Waals surface area contributed by atoms with Crippen molar-refractivity contribution >= 4 is 34.2 Å². The summed E-state index contributed by atoms with van der Waals surface area (Å²) in [5.41, 5.74) is -0.745. The van der Waals surface area contributed by atoms with Gasteiger partial charge in [-0.15, -0.1) is 0 Å². The first kappa shape index (κ1) is 24.0. The predicted molar refractivity (Wildman–Crippen MR) is 121 cm³/mol. The molecule has 0 saturated carbocycles. The summed E-state index contributed by atoms with van der Waals surface area (Å²) >= 11 is 6.19. The van der Waals surface area contributed by atoms with E-state index in [1.165, 1.54) is 32.5 Å². The maximum Gasteiger partial charge on any atom is 0.360 e. The zero-order valence-corrected chi connectivity index (χ0v) is 19.2. The molecule has 10 nitrogen and oxygen atoms in total. The van der Waals surface area contributed by atoms with Crippen LogP contribution in [-0.2, 0) is 14.4 Å². The van der Waals surface area contributed by atoms with Gasteiger partial charge in [0.25, 0.3) is 6.43 Å². The van der Waals surface area contributed by atoms with E-state index in [2.05, 4.69) is 20.2 Å². The molecule has 1 aromatic carbocycles. The van der Waals surface area contributed by atoms with Crippen molar-refractivity contribution in [3.63, 3.8) is 0 Å². The van der Waals surface area contributed by atoms with E-state index in [1.54, 1.807) is 19.1 Å². The fourth-order valence-electron chi connectivity index (χ4n) is 3.35. The zero-order chi connectivity index (χ0) is 25.3. The second kappa shape index (κ2) is 9.58. The van der Waals surface area contributed by atoms with Crippen molar-refractivity contribution < 1.29 is 27.6 Å². The van der Waals surface area contributed by atoms with Crippen molar-refractivity contribution in [1.29, 1.82) is 0 Å². The number of oxime groups is 1. The van der Waals surface area contributed by atoms with Crippen LogP contribution in [0.3, 0.4) is 0 Å². The van der Waals surface area contributed by atoms with Crippen LogP contribution in [0, 0.1) is 6.92 Å². The molecule has 0 aliphatic carbocycles. The highest BCUT2D eigenvalue weighted by atomic mass is 35.5. The summed E-state index contributed by atoms with van der Waals surface area (Å²) in [5, 5.41) is 7.69. The van der Waals surface area contributed by atoms with Crippen LogP contribution >= 0.6 is 11.6 Å². The van der Waals surface area contributed by atoms with E-state index in [4.69, 9.17) is 25.6 Å². The van der Waals surface area contributed by atoms with Gasteiger partial charge in [-0.3, -0.25) is 0 Å². The molecule has 3 heterocycles. The Morgan fingerprint density at radius 2 is 2.03 bits per heavy atom. The summed E-state index contributed by atoms with van der Waals surface area (Å²) in [6, 6.07) is 7.00. The SMILES string of the molecule is CO/N=C(/C(=O)OC)c1cc(C)c2nc(-c3cc(C(F)F)nn3-c3ncccc3Cl)oc(=O)c2c1. The number of aromatic nitrogens is 4. The van der Waals surface area contributed by atoms with E-state index in [9.17, 15) is 18.4 Å². The first-order valence-corrected chi connectivity index (χ1v) is 10.3. The topological polar surface area (TPSA) is 122 Å². The molecule has 0 amide bonds. The largest absolute Gasteiger partial charge is 0.464 e. The number of aryl methyl sites for hydroxylation is 1. The number of nitrogens with zero attached hydrogens (tertiary/aromatic N) is 5. The standard InChI is InChI=1S/C22H16ClF2N5O5/c1-10-7-11(17(29-34-3)22(32)33-2)8-12-16(10)27-20(35-21(12)31)15-9-14(18(24)25)28-30(15)19-13(23)5-4-6-26-19/h4-9,18H,1-3H3/b29-17+. The number of methoxy groups -OCH3 is 1. The van der Waals surface area contributed by atoms with Crippen LogP contribution in [0.25, 0.3) is 28.3 Å². The Labute approximate surface area is 200 Å². The third kappa shape index (κ3) is 4.47. The van der Waals surface area contributed by atoms with Gasteiger partial charge in [-0.05, 0) is 42.8 Å². The molecule has 13 heteroatoms. The molecule has 4 aromatic rings. The van der Waals surface area contributed by atoms with Crippen LogP contribution < -0.4 is 5.63 Å². The van der Waals surface area contributed by atoms with E-state index in [0.29, 0.717) is 5.56 Å². The fourth-order valence-corrected chi connectivity index (χ4v) is 3.55. The first-order chi connectivity index (χ1) is 16.7. The van der Waals surface area contributed by atoms with E-state index in [0.717, 1.165) is 10.7 Å². The number of halogens is 3. The number of hydrogen-bond acceptors (Lipinski definition) is 9. The lowest BCUT2D eigenvalue weighted by Gasteiger charge is -2.09. The number of pyridine rings is 1. The second-order valence-electron chi connectivity index (χ2n) is 7.09. The minimum atomic E-state index is -2.91. The van der Waals surface area contributed by atoms with Crippen molar-refractivity contribution in [2.24, 2.45) is 5.16 Å². The summed E-state index contributed by atoms with van der Waals surface area (Å²) in [5.74, 6) is -1.01. The van der Waals surface area contributed by atoms with Crippen LogP contribution in [0.15, 0.2) is 50.9 Å². The van der Waals surface area contributed by atoms with Gasteiger partial charge in [0, 0.05) is 11.8 Å². The summed E-state index contributed by atoms with van der Waals surface area (Å²) in [7, 11) is 2.43. The summed E-state index contributed by atoms with van der Waals surface area (Å²) in [6.45, 7) is 1.64. The molecule has 0 aliphatic rings. The Morgan fingerprint density at radius 1 is 1.26 bits per heavy atom. The smallest absolute Gasteiger partial charge is 0.360 e. The van der Waals surface area contributed by atoms with Gasteiger partial charge in [0.05, 0.1) is 23.0 Å². The van der Waals surface area contributed by atoms with Gasteiger partial charge in [0.2, 0.25) is 5.89 Å². The highest BCUT2D eigenvalue weighted by molar-refractivity contribution is 6.43. The molecule has 3 aromatic heterocycles. The Balaban J connectivity index is 1.94. The molecule has 0 radical (unpaired) electrons. The molecule has 35 heavy (non-hydrogen) atoms. The van der Waals surface area contributed by atoms with Crippen molar-refractivity contribution in [3.8, 4) is 17.4 Å². The number of rotatable bonds is 6. The van der Waals surface area contributed by atoms with Crippen molar-refractivity contribution in [3.05, 3.63) is 68.8 Å². The van der Waals surface area contributed by atoms with Crippen molar-refractivity contribution in [1.82, 2.24) is 19.7 Å². The molecular formula is C22H16ClF2N5O5. The van der Waals surface area contributed by atoms with Gasteiger partial charge in [-0.2, -0.15) is 5.10 Å². The van der Waals surface area contributed by atoms with Gasteiger partial charge in [0.15, 0.2) is 11.5 Å². The van der Waals surface area contributed by atoms with Crippen molar-refractivity contribution in [2.45, 2.75) is 13.3 Å². The molecule has 0 atom stereocenters. The van der Waals surface area contributed by atoms with Crippen LogP contribution in [0.1, 0.15) is 23.2 Å². The highest BCUT2D eigenvalue weighted by Gasteiger charge is 2.24. The Bertz CT molecular complexity index is 1530. The molecular weight excluding hydrogens is 488 g/mol. The lowest BCUT2D eigenvalue weighted by molar-refractivity contribution is -0.132. The van der Waals surface area contributed by atoms with Gasteiger partial charge in [0.1, 0.15) is 18.5 Å². The average molecular weight is 504 g/mol. The number of fused-ring (bicyclic) bond motifs is 1. The minimum Gasteiger partial charge on any atom is -0.464 e. The zero-order valence-electron chi connectivity index (χ0n) is 18.5. The highest BCUT2D eigenvalue weighted by Crippen LogP contribution is 2.30. The fraction of sp³-hybridized carbons (Fsp3) is 0.182. The second-order valence-corrected chi connectivity index (χ2v) is 7.49. The summed E-state index contributed by atoms with van der Waals surface area (Å²) in [4.78, 5) is 38.2. The summed E-state index contributed by atoms with van der Waals surface area (Å²) in [6.07, 6.45) is -1.50. The van der Waals surface area contributed by atoms with Crippen LogP contribution in [0.4, 0.5) is 8.78 Å². The monoisotopic (exact) mass is 503 g/mol. The predicted octanol–water partition coefficient (Wildman–Crippen LogP) is 3.86. The van der Waals surface area contributed by atoms with E-state index in [1.807, 2.05) is 0 Å². The molecule has 0 N–H and O–H groups in total. The van der Waals surface area contributed by atoms with E-state index < -0.39 is 23.7 Å². The number of benzene rings is 1. The van der Waals surface area contributed by atoms with Crippen LogP contribution in [-0.4, -0.2) is 45.6 Å². The molecule has 0 spiro atoms. The first-order valence-electron chi connectivity index (χ1n) is 9.89. The lowest BCUT2D eigenvalue weighted by Crippen LogP contribution is -2.18. The average Bonchev–Trinajstić information content (AvgIpc) is 3.28. The maximum absolute atomic E-state index is 13.5. The lowest BCUT2D eigenvalue weighted by atomic mass is 10.0. The third-order valence-electron chi connectivity index (χ3n) is 4.87. The van der Waals surface area contributed by atoms with E-state index in [-0.39, 0.29) is 44.6 Å². The number of esters is 1. The number of carbonyl (C=O) groups is 1. The molecule has 0 saturated heterocycles. The number of carbonyl (C=O) groups excluding carboxylic acids is 1. The molecule has 0 aliphatic heterocycles. The number of ether oxygens (including phenoxy) is 1. The third-order valence-corrected chi connectivity index (χ3v) is 5.16. The Morgan fingerprint density at radius 3 is 2.69 bits per heavy atom. The minimum absolute atomic E-state index is 0.0208. The Hall–Kier alpha value is -4.19. The van der Waals surface area contributed by atoms with Crippen LogP contribution in [0.2, 0.25) is 5.02 Å². The maximum atomic E-state index is 13.5. The van der Waals surface area contributed by atoms with E-state index >= 15 is 0 Å². The quantitative estimate of drug-likeness (QED) is 0.221. The molecule has 0 bridgehead atoms. The van der Waals surface area contributed by atoms with Gasteiger partial charge < -0.3 is 14.0 Å². The molecule has 0 fully saturated rings. The number of alkyl halides is 2.